The highest BCUT2D eigenvalue weighted by Gasteiger charge is 2.23. The monoisotopic (exact) mass is 236 g/mol. The number of nitriles is 1. The van der Waals surface area contributed by atoms with Crippen LogP contribution in [-0.4, -0.2) is 4.98 Å². The van der Waals surface area contributed by atoms with Crippen LogP contribution in [0.4, 0.5) is 0 Å². The van der Waals surface area contributed by atoms with E-state index in [0.29, 0.717) is 12.3 Å². The van der Waals surface area contributed by atoms with E-state index in [4.69, 9.17) is 10.2 Å². The Morgan fingerprint density at radius 2 is 2.00 bits per heavy atom. The molecule has 0 spiro atoms. The lowest BCUT2D eigenvalue weighted by molar-refractivity contribution is 0.561. The van der Waals surface area contributed by atoms with Crippen molar-refractivity contribution in [2.45, 2.75) is 52.9 Å². The van der Waals surface area contributed by atoms with E-state index in [2.05, 4.69) is 40.7 Å². The van der Waals surface area contributed by atoms with Crippen LogP contribution in [0.2, 0.25) is 0 Å². The second kappa shape index (κ2) is 4.97. The predicted octanol–water partition coefficient (Wildman–Crippen LogP) is 3.71. The maximum Gasteiger partial charge on any atom is 0.0934 e. The van der Waals surface area contributed by atoms with Crippen LogP contribution in [0.15, 0.2) is 0 Å². The lowest BCUT2D eigenvalue weighted by Gasteiger charge is -2.16. The second-order valence-electron chi connectivity index (χ2n) is 5.56. The molecule has 0 unspecified atom stereocenters. The number of hydrogen-bond donors (Lipinski definition) is 0. The maximum absolute atomic E-state index is 8.83. The Morgan fingerprint density at radius 3 is 2.44 bits per heavy atom. The zero-order valence-electron chi connectivity index (χ0n) is 10.8. The normalized spacial score (nSPS) is 11.8. The van der Waals surface area contributed by atoms with Crippen molar-refractivity contribution in [3.63, 3.8) is 0 Å². The van der Waals surface area contributed by atoms with Crippen LogP contribution in [0.5, 0.6) is 0 Å². The molecule has 0 atom stereocenters. The Hall–Kier alpha value is -0.880. The highest BCUT2D eigenvalue weighted by molar-refractivity contribution is 7.11. The van der Waals surface area contributed by atoms with Gasteiger partial charge in [-0.25, -0.2) is 4.98 Å². The lowest BCUT2D eigenvalue weighted by Crippen LogP contribution is -2.14. The molecule has 1 aromatic heterocycles. The predicted molar refractivity (Wildman–Crippen MR) is 68.7 cm³/mol. The van der Waals surface area contributed by atoms with E-state index in [9.17, 15) is 0 Å². The zero-order valence-corrected chi connectivity index (χ0v) is 11.6. The molecule has 0 radical (unpaired) electrons. The summed E-state index contributed by atoms with van der Waals surface area (Å²) in [6.45, 7) is 10.9. The third-order valence-corrected chi connectivity index (χ3v) is 3.35. The molecule has 1 rings (SSSR count). The SMILES string of the molecule is CC(C)Cc1nc(C(C)(C)C)c(CC#N)s1. The first kappa shape index (κ1) is 13.2. The van der Waals surface area contributed by atoms with Gasteiger partial charge < -0.3 is 0 Å². The van der Waals surface area contributed by atoms with Crippen molar-refractivity contribution in [3.8, 4) is 6.07 Å². The summed E-state index contributed by atoms with van der Waals surface area (Å²) in [4.78, 5) is 5.85. The van der Waals surface area contributed by atoms with Gasteiger partial charge in [-0.05, 0) is 5.92 Å². The van der Waals surface area contributed by atoms with Crippen molar-refractivity contribution < 1.29 is 0 Å². The molecule has 3 heteroatoms. The molecule has 0 N–H and O–H groups in total. The van der Waals surface area contributed by atoms with Crippen molar-refractivity contribution in [2.24, 2.45) is 5.92 Å². The Kier molecular flexibility index (Phi) is 4.09. The van der Waals surface area contributed by atoms with E-state index in [-0.39, 0.29) is 5.41 Å². The minimum absolute atomic E-state index is 0.0396. The molecule has 1 heterocycles. The van der Waals surface area contributed by atoms with Gasteiger partial charge in [0.1, 0.15) is 0 Å². The number of hydrogen-bond acceptors (Lipinski definition) is 3. The molecule has 0 aliphatic heterocycles. The van der Waals surface area contributed by atoms with Crippen LogP contribution < -0.4 is 0 Å². The summed E-state index contributed by atoms with van der Waals surface area (Å²) in [5, 5.41) is 10.0. The summed E-state index contributed by atoms with van der Waals surface area (Å²) in [6.07, 6.45) is 1.50. The first-order chi connectivity index (χ1) is 7.34. The second-order valence-corrected chi connectivity index (χ2v) is 6.73. The van der Waals surface area contributed by atoms with E-state index in [1.165, 1.54) is 5.01 Å². The van der Waals surface area contributed by atoms with E-state index in [1.54, 1.807) is 11.3 Å². The summed E-state index contributed by atoms with van der Waals surface area (Å²) >= 11 is 1.71. The van der Waals surface area contributed by atoms with Gasteiger partial charge in [0.15, 0.2) is 0 Å². The van der Waals surface area contributed by atoms with Gasteiger partial charge in [-0.3, -0.25) is 0 Å². The summed E-state index contributed by atoms with van der Waals surface area (Å²) in [6, 6.07) is 2.23. The van der Waals surface area contributed by atoms with Gasteiger partial charge in [0.05, 0.1) is 23.2 Å². The molecular formula is C13H20N2S. The third kappa shape index (κ3) is 3.31. The minimum Gasteiger partial charge on any atom is -0.245 e. The molecule has 0 saturated carbocycles. The summed E-state index contributed by atoms with van der Waals surface area (Å²) < 4.78 is 0. The number of nitrogens with zero attached hydrogens (tertiary/aromatic N) is 2. The fourth-order valence-corrected chi connectivity index (χ4v) is 3.04. The van der Waals surface area contributed by atoms with E-state index in [1.807, 2.05) is 0 Å². The Bertz CT molecular complexity index is 391. The van der Waals surface area contributed by atoms with Gasteiger partial charge in [-0.1, -0.05) is 34.6 Å². The van der Waals surface area contributed by atoms with Gasteiger partial charge in [0.25, 0.3) is 0 Å². The van der Waals surface area contributed by atoms with Crippen LogP contribution >= 0.6 is 11.3 Å². The van der Waals surface area contributed by atoms with E-state index in [0.717, 1.165) is 17.0 Å². The molecule has 0 aromatic carbocycles. The van der Waals surface area contributed by atoms with Gasteiger partial charge in [-0.15, -0.1) is 11.3 Å². The van der Waals surface area contributed by atoms with Crippen molar-refractivity contribution in [1.29, 1.82) is 5.26 Å². The van der Waals surface area contributed by atoms with Gasteiger partial charge in [0, 0.05) is 16.7 Å². The average molecular weight is 236 g/mol. The smallest absolute Gasteiger partial charge is 0.0934 e. The molecule has 0 saturated heterocycles. The summed E-state index contributed by atoms with van der Waals surface area (Å²) in [5.41, 5.74) is 1.15. The van der Waals surface area contributed by atoms with Gasteiger partial charge in [-0.2, -0.15) is 5.26 Å². The number of aromatic nitrogens is 1. The van der Waals surface area contributed by atoms with Crippen molar-refractivity contribution >= 4 is 11.3 Å². The highest BCUT2D eigenvalue weighted by Crippen LogP contribution is 2.30. The third-order valence-electron chi connectivity index (χ3n) is 2.27. The Balaban J connectivity index is 3.06. The van der Waals surface area contributed by atoms with E-state index >= 15 is 0 Å². The molecule has 2 nitrogen and oxygen atoms in total. The average Bonchev–Trinajstić information content (AvgIpc) is 2.46. The molecule has 1 aromatic rings. The molecule has 0 amide bonds. The van der Waals surface area contributed by atoms with Crippen LogP contribution in [-0.2, 0) is 18.3 Å². The Morgan fingerprint density at radius 1 is 1.38 bits per heavy atom. The van der Waals surface area contributed by atoms with Crippen LogP contribution in [0.3, 0.4) is 0 Å². The molecule has 0 aliphatic carbocycles. The van der Waals surface area contributed by atoms with Crippen molar-refractivity contribution in [2.75, 3.05) is 0 Å². The fourth-order valence-electron chi connectivity index (χ4n) is 1.61. The molecule has 0 bridgehead atoms. The molecule has 16 heavy (non-hydrogen) atoms. The standard InChI is InChI=1S/C13H20N2S/c1-9(2)8-11-15-12(13(3,4)5)10(16-11)6-7-14/h9H,6,8H2,1-5H3. The van der Waals surface area contributed by atoms with Crippen LogP contribution in [0.1, 0.15) is 50.2 Å². The van der Waals surface area contributed by atoms with Crippen molar-refractivity contribution in [3.05, 3.63) is 15.6 Å². The zero-order chi connectivity index (χ0) is 12.3. The first-order valence-corrected chi connectivity index (χ1v) is 6.52. The maximum atomic E-state index is 8.83. The van der Waals surface area contributed by atoms with E-state index < -0.39 is 0 Å². The lowest BCUT2D eigenvalue weighted by atomic mass is 9.91. The van der Waals surface area contributed by atoms with Gasteiger partial charge >= 0.3 is 0 Å². The molecule has 88 valence electrons. The number of rotatable bonds is 3. The fraction of sp³-hybridized carbons (Fsp3) is 0.692. The minimum atomic E-state index is 0.0396. The topological polar surface area (TPSA) is 36.7 Å². The summed E-state index contributed by atoms with van der Waals surface area (Å²) in [5.74, 6) is 0.619. The van der Waals surface area contributed by atoms with Crippen LogP contribution in [0.25, 0.3) is 0 Å². The Labute approximate surface area is 102 Å². The molecule has 0 aliphatic rings. The number of thiazole rings is 1. The molecule has 0 fully saturated rings. The largest absolute Gasteiger partial charge is 0.245 e. The quantitative estimate of drug-likeness (QED) is 0.802. The molecular weight excluding hydrogens is 216 g/mol. The van der Waals surface area contributed by atoms with Gasteiger partial charge in [0.2, 0.25) is 0 Å². The van der Waals surface area contributed by atoms with Crippen molar-refractivity contribution in [1.82, 2.24) is 4.98 Å². The first-order valence-electron chi connectivity index (χ1n) is 5.70. The highest BCUT2D eigenvalue weighted by atomic mass is 32.1. The summed E-state index contributed by atoms with van der Waals surface area (Å²) in [7, 11) is 0. The van der Waals surface area contributed by atoms with Crippen LogP contribution in [0, 0.1) is 17.2 Å².